The molecule has 152 valence electrons. The largest absolute Gasteiger partial charge is 0.497 e. The number of ether oxygens (including phenoxy) is 3. The zero-order valence-corrected chi connectivity index (χ0v) is 15.7. The second-order valence-corrected chi connectivity index (χ2v) is 5.53. The molecule has 0 fully saturated rings. The van der Waals surface area contributed by atoms with E-state index >= 15 is 0 Å². The Labute approximate surface area is 164 Å². The maximum absolute atomic E-state index is 12.3. The van der Waals surface area contributed by atoms with Crippen molar-refractivity contribution in [2.75, 3.05) is 21.3 Å². The summed E-state index contributed by atoms with van der Waals surface area (Å²) in [5.74, 6) is -1.68. The molecule has 2 amide bonds. The minimum atomic E-state index is -0.873. The Morgan fingerprint density at radius 3 is 1.72 bits per heavy atom. The predicted octanol–water partition coefficient (Wildman–Crippen LogP) is 1.47. The summed E-state index contributed by atoms with van der Waals surface area (Å²) in [7, 11) is 3.93. The van der Waals surface area contributed by atoms with Crippen molar-refractivity contribution in [2.24, 2.45) is 0 Å². The number of esters is 1. The summed E-state index contributed by atoms with van der Waals surface area (Å²) in [4.78, 5) is 46.6. The van der Waals surface area contributed by atoms with Crippen LogP contribution in [0.2, 0.25) is 0 Å². The molecule has 2 aromatic rings. The summed E-state index contributed by atoms with van der Waals surface area (Å²) in [6.45, 7) is 0. The summed E-state index contributed by atoms with van der Waals surface area (Å²) in [5.41, 5.74) is 3.55. The molecule has 0 radical (unpaired) electrons. The number of nitrogens with one attached hydrogen (secondary N) is 2. The smallest absolute Gasteiger partial charge is 0.338 e. The molecule has 11 nitrogen and oxygen atoms in total. The van der Waals surface area contributed by atoms with Crippen LogP contribution in [0.1, 0.15) is 31.1 Å². The van der Waals surface area contributed by atoms with Crippen LogP contribution in [-0.4, -0.2) is 44.0 Å². The highest BCUT2D eigenvalue weighted by Gasteiger charge is 2.19. The lowest BCUT2D eigenvalue weighted by molar-refractivity contribution is -0.384. The molecule has 0 saturated heterocycles. The maximum atomic E-state index is 12.3. The van der Waals surface area contributed by atoms with Crippen LogP contribution in [0.25, 0.3) is 0 Å². The van der Waals surface area contributed by atoms with Gasteiger partial charge in [-0.15, -0.1) is 0 Å². The standard InChI is InChI=1S/C18H17N3O8/c1-27-14-7-11(8-15(9-14)28-2)17(23)20-19-16(22)10-4-12(18(24)29-3)6-13(5-10)21(25)26/h4-9H,1-3H3,(H,19,22)(H,20,23). The molecule has 0 bridgehead atoms. The van der Waals surface area contributed by atoms with Crippen molar-refractivity contribution >= 4 is 23.5 Å². The van der Waals surface area contributed by atoms with Gasteiger partial charge in [0.05, 0.1) is 31.8 Å². The summed E-state index contributed by atoms with van der Waals surface area (Å²) in [6, 6.07) is 7.45. The average molecular weight is 403 g/mol. The molecule has 0 aliphatic carbocycles. The number of rotatable bonds is 6. The number of carbonyl (C=O) groups is 3. The van der Waals surface area contributed by atoms with Gasteiger partial charge in [-0.1, -0.05) is 0 Å². The normalized spacial score (nSPS) is 9.90. The van der Waals surface area contributed by atoms with Gasteiger partial charge < -0.3 is 14.2 Å². The maximum Gasteiger partial charge on any atom is 0.338 e. The SMILES string of the molecule is COC(=O)c1cc(C(=O)NNC(=O)c2cc(OC)cc(OC)c2)cc([N+](=O)[O-])c1. The van der Waals surface area contributed by atoms with E-state index in [0.717, 1.165) is 25.3 Å². The molecular weight excluding hydrogens is 386 g/mol. The monoisotopic (exact) mass is 403 g/mol. The van der Waals surface area contributed by atoms with Gasteiger partial charge >= 0.3 is 5.97 Å². The topological polar surface area (TPSA) is 146 Å². The van der Waals surface area contributed by atoms with Gasteiger partial charge in [-0.05, 0) is 18.2 Å². The van der Waals surface area contributed by atoms with Gasteiger partial charge in [0.1, 0.15) is 11.5 Å². The summed E-state index contributed by atoms with van der Waals surface area (Å²) in [6.07, 6.45) is 0. The fourth-order valence-electron chi connectivity index (χ4n) is 2.28. The van der Waals surface area contributed by atoms with Crippen molar-refractivity contribution in [3.63, 3.8) is 0 Å². The third-order valence-corrected chi connectivity index (χ3v) is 3.72. The third kappa shape index (κ3) is 5.19. The molecule has 2 rings (SSSR count). The van der Waals surface area contributed by atoms with Crippen molar-refractivity contribution in [3.05, 3.63) is 63.2 Å². The fourth-order valence-corrected chi connectivity index (χ4v) is 2.28. The lowest BCUT2D eigenvalue weighted by atomic mass is 10.1. The van der Waals surface area contributed by atoms with E-state index in [4.69, 9.17) is 9.47 Å². The number of methoxy groups -OCH3 is 3. The Balaban J connectivity index is 2.20. The molecule has 2 N–H and O–H groups in total. The van der Waals surface area contributed by atoms with E-state index in [-0.39, 0.29) is 16.7 Å². The number of nitrogens with zero attached hydrogens (tertiary/aromatic N) is 1. The number of amides is 2. The van der Waals surface area contributed by atoms with E-state index in [1.54, 1.807) is 6.07 Å². The number of hydrogen-bond acceptors (Lipinski definition) is 8. The molecule has 11 heteroatoms. The molecule has 0 spiro atoms. The number of nitro benzene ring substituents is 1. The number of benzene rings is 2. The lowest BCUT2D eigenvalue weighted by Crippen LogP contribution is -2.41. The van der Waals surface area contributed by atoms with Crippen LogP contribution in [0, 0.1) is 10.1 Å². The second-order valence-electron chi connectivity index (χ2n) is 5.53. The lowest BCUT2D eigenvalue weighted by Gasteiger charge is -2.10. The Morgan fingerprint density at radius 1 is 0.793 bits per heavy atom. The van der Waals surface area contributed by atoms with E-state index in [0.29, 0.717) is 11.5 Å². The Bertz CT molecular complexity index is 951. The first-order valence-electron chi connectivity index (χ1n) is 8.00. The number of non-ortho nitro benzene ring substituents is 1. The highest BCUT2D eigenvalue weighted by molar-refractivity contribution is 6.01. The van der Waals surface area contributed by atoms with E-state index < -0.39 is 28.4 Å². The van der Waals surface area contributed by atoms with Crippen LogP contribution in [0.3, 0.4) is 0 Å². The van der Waals surface area contributed by atoms with Gasteiger partial charge in [-0.25, -0.2) is 4.79 Å². The number of carbonyl (C=O) groups excluding carboxylic acids is 3. The molecule has 0 aliphatic rings. The van der Waals surface area contributed by atoms with E-state index in [1.165, 1.54) is 26.4 Å². The Hall–Kier alpha value is -4.15. The van der Waals surface area contributed by atoms with Gasteiger partial charge in [0.15, 0.2) is 0 Å². The summed E-state index contributed by atoms with van der Waals surface area (Å²) < 4.78 is 14.7. The van der Waals surface area contributed by atoms with Crippen LogP contribution in [0.5, 0.6) is 11.5 Å². The molecule has 0 atom stereocenters. The highest BCUT2D eigenvalue weighted by Crippen LogP contribution is 2.22. The average Bonchev–Trinajstić information content (AvgIpc) is 2.75. The van der Waals surface area contributed by atoms with E-state index in [2.05, 4.69) is 15.6 Å². The summed E-state index contributed by atoms with van der Waals surface area (Å²) >= 11 is 0. The highest BCUT2D eigenvalue weighted by atomic mass is 16.6. The van der Waals surface area contributed by atoms with Gasteiger partial charge in [0.2, 0.25) is 0 Å². The molecule has 0 unspecified atom stereocenters. The zero-order valence-electron chi connectivity index (χ0n) is 15.7. The van der Waals surface area contributed by atoms with Gasteiger partial charge in [0, 0.05) is 29.3 Å². The van der Waals surface area contributed by atoms with Gasteiger partial charge in [-0.3, -0.25) is 30.6 Å². The van der Waals surface area contributed by atoms with Crippen molar-refractivity contribution in [2.45, 2.75) is 0 Å². The van der Waals surface area contributed by atoms with E-state index in [1.807, 2.05) is 0 Å². The van der Waals surface area contributed by atoms with Crippen LogP contribution >= 0.6 is 0 Å². The number of hydrazine groups is 1. The third-order valence-electron chi connectivity index (χ3n) is 3.72. The first kappa shape index (κ1) is 21.2. The number of hydrogen-bond donors (Lipinski definition) is 2. The zero-order chi connectivity index (χ0) is 21.6. The Morgan fingerprint density at radius 2 is 1.28 bits per heavy atom. The molecule has 29 heavy (non-hydrogen) atoms. The fraction of sp³-hybridized carbons (Fsp3) is 0.167. The first-order chi connectivity index (χ1) is 13.8. The van der Waals surface area contributed by atoms with Crippen LogP contribution < -0.4 is 20.3 Å². The minimum absolute atomic E-state index is 0.135. The predicted molar refractivity (Wildman–Crippen MR) is 98.9 cm³/mol. The molecule has 2 aromatic carbocycles. The van der Waals surface area contributed by atoms with Crippen molar-refractivity contribution < 1.29 is 33.5 Å². The molecule has 0 heterocycles. The molecule has 0 aromatic heterocycles. The molecular formula is C18H17N3O8. The quantitative estimate of drug-likeness (QED) is 0.419. The second kappa shape index (κ2) is 9.17. The van der Waals surface area contributed by atoms with Gasteiger partial charge in [-0.2, -0.15) is 0 Å². The summed E-state index contributed by atoms with van der Waals surface area (Å²) in [5, 5.41) is 11.0. The number of nitro groups is 1. The van der Waals surface area contributed by atoms with Crippen LogP contribution in [-0.2, 0) is 4.74 Å². The van der Waals surface area contributed by atoms with Crippen molar-refractivity contribution in [1.29, 1.82) is 0 Å². The minimum Gasteiger partial charge on any atom is -0.497 e. The molecule has 0 saturated carbocycles. The van der Waals surface area contributed by atoms with Crippen molar-refractivity contribution in [3.8, 4) is 11.5 Å². The van der Waals surface area contributed by atoms with Gasteiger partial charge in [0.25, 0.3) is 17.5 Å². The molecule has 0 aliphatic heterocycles. The van der Waals surface area contributed by atoms with Crippen LogP contribution in [0.15, 0.2) is 36.4 Å². The van der Waals surface area contributed by atoms with Crippen molar-refractivity contribution in [1.82, 2.24) is 10.9 Å². The van der Waals surface area contributed by atoms with E-state index in [9.17, 15) is 24.5 Å². The van der Waals surface area contributed by atoms with Crippen LogP contribution in [0.4, 0.5) is 5.69 Å². The first-order valence-corrected chi connectivity index (χ1v) is 8.00. The Kier molecular flexibility index (Phi) is 6.69.